The fourth-order valence-electron chi connectivity index (χ4n) is 2.92. The average Bonchev–Trinajstić information content (AvgIpc) is 2.90. The minimum Gasteiger partial charge on any atom is -0.496 e. The summed E-state index contributed by atoms with van der Waals surface area (Å²) < 4.78 is 11.0. The van der Waals surface area contributed by atoms with Crippen LogP contribution in [0.3, 0.4) is 0 Å². The summed E-state index contributed by atoms with van der Waals surface area (Å²) in [5, 5.41) is 29.5. The van der Waals surface area contributed by atoms with Gasteiger partial charge in [0.05, 0.1) is 13.7 Å². The van der Waals surface area contributed by atoms with Crippen molar-refractivity contribution in [2.75, 3.05) is 13.7 Å². The summed E-state index contributed by atoms with van der Waals surface area (Å²) in [6.07, 6.45) is -3.80. The molecule has 4 atom stereocenters. The Kier molecular flexibility index (Phi) is 4.63. The Bertz CT molecular complexity index is 658. The topological polar surface area (TPSA) is 79.2 Å². The summed E-state index contributed by atoms with van der Waals surface area (Å²) in [7, 11) is 1.54. The molecule has 0 unspecified atom stereocenters. The second kappa shape index (κ2) is 6.68. The molecule has 1 saturated heterocycles. The Balaban J connectivity index is 2.01. The molecular weight excluding hydrogens is 296 g/mol. The standard InChI is InChI=1S/C18H20O5/c1-22-14-8-7-12(11-5-3-2-4-6-11)9-13(14)18-17(21)16(20)15(10-19)23-18/h2-9,15-21H,10H2,1H3/t15-,16-,17-,18+/m1/s1. The van der Waals surface area contributed by atoms with Crippen molar-refractivity contribution in [2.45, 2.75) is 24.4 Å². The van der Waals surface area contributed by atoms with Crippen molar-refractivity contribution >= 4 is 0 Å². The van der Waals surface area contributed by atoms with Gasteiger partial charge in [-0.05, 0) is 23.3 Å². The lowest BCUT2D eigenvalue weighted by atomic mass is 9.96. The molecule has 0 aliphatic carbocycles. The number of aliphatic hydroxyl groups excluding tert-OH is 3. The second-order valence-corrected chi connectivity index (χ2v) is 5.58. The van der Waals surface area contributed by atoms with E-state index in [1.165, 1.54) is 0 Å². The van der Waals surface area contributed by atoms with Gasteiger partial charge in [-0.15, -0.1) is 0 Å². The van der Waals surface area contributed by atoms with E-state index in [0.29, 0.717) is 11.3 Å². The van der Waals surface area contributed by atoms with Crippen molar-refractivity contribution < 1.29 is 24.8 Å². The van der Waals surface area contributed by atoms with E-state index < -0.39 is 24.4 Å². The van der Waals surface area contributed by atoms with Crippen LogP contribution in [0.15, 0.2) is 48.5 Å². The highest BCUT2D eigenvalue weighted by Crippen LogP contribution is 2.39. The van der Waals surface area contributed by atoms with Crippen molar-refractivity contribution in [3.8, 4) is 16.9 Å². The van der Waals surface area contributed by atoms with Crippen molar-refractivity contribution in [3.05, 3.63) is 54.1 Å². The van der Waals surface area contributed by atoms with Crippen LogP contribution in [0.4, 0.5) is 0 Å². The maximum atomic E-state index is 10.3. The molecule has 0 spiro atoms. The highest BCUT2D eigenvalue weighted by Gasteiger charge is 2.44. The predicted octanol–water partition coefficient (Wildman–Crippen LogP) is 1.52. The van der Waals surface area contributed by atoms with E-state index in [4.69, 9.17) is 9.47 Å². The number of ether oxygens (including phenoxy) is 2. The van der Waals surface area contributed by atoms with E-state index in [-0.39, 0.29) is 6.61 Å². The molecule has 5 heteroatoms. The first-order valence-electron chi connectivity index (χ1n) is 7.51. The molecule has 1 aliphatic rings. The maximum absolute atomic E-state index is 10.3. The number of hydrogen-bond acceptors (Lipinski definition) is 5. The van der Waals surface area contributed by atoms with Crippen LogP contribution in [-0.2, 0) is 4.74 Å². The van der Waals surface area contributed by atoms with Crippen molar-refractivity contribution in [3.63, 3.8) is 0 Å². The highest BCUT2D eigenvalue weighted by molar-refractivity contribution is 5.66. The minimum absolute atomic E-state index is 0.352. The first-order chi connectivity index (χ1) is 11.2. The fourth-order valence-corrected chi connectivity index (χ4v) is 2.92. The zero-order chi connectivity index (χ0) is 16.4. The van der Waals surface area contributed by atoms with Gasteiger partial charge in [0.1, 0.15) is 30.2 Å². The van der Waals surface area contributed by atoms with Gasteiger partial charge in [0.15, 0.2) is 0 Å². The van der Waals surface area contributed by atoms with Gasteiger partial charge in [-0.2, -0.15) is 0 Å². The van der Waals surface area contributed by atoms with Crippen LogP contribution in [0.1, 0.15) is 11.7 Å². The van der Waals surface area contributed by atoms with Crippen molar-refractivity contribution in [1.82, 2.24) is 0 Å². The van der Waals surface area contributed by atoms with E-state index in [0.717, 1.165) is 11.1 Å². The van der Waals surface area contributed by atoms with Crippen LogP contribution < -0.4 is 4.74 Å². The molecule has 2 aromatic carbocycles. The van der Waals surface area contributed by atoms with Crippen LogP contribution in [0.25, 0.3) is 11.1 Å². The van der Waals surface area contributed by atoms with E-state index in [9.17, 15) is 15.3 Å². The quantitative estimate of drug-likeness (QED) is 0.797. The van der Waals surface area contributed by atoms with E-state index in [2.05, 4.69) is 0 Å². The number of benzene rings is 2. The summed E-state index contributed by atoms with van der Waals surface area (Å²) in [6, 6.07) is 15.4. The molecule has 23 heavy (non-hydrogen) atoms. The lowest BCUT2D eigenvalue weighted by molar-refractivity contribution is -0.0233. The highest BCUT2D eigenvalue weighted by atomic mass is 16.6. The SMILES string of the molecule is COc1ccc(-c2ccccc2)cc1[C@@H]1O[C@H](CO)[C@@H](O)[C@H]1O. The summed E-state index contributed by atoms with van der Waals surface area (Å²) in [5.41, 5.74) is 2.64. The number of hydrogen-bond donors (Lipinski definition) is 3. The summed E-state index contributed by atoms with van der Waals surface area (Å²) in [5.74, 6) is 0.569. The zero-order valence-corrected chi connectivity index (χ0v) is 12.8. The molecule has 0 saturated carbocycles. The van der Waals surface area contributed by atoms with E-state index in [1.54, 1.807) is 7.11 Å². The summed E-state index contributed by atoms with van der Waals surface area (Å²) in [4.78, 5) is 0. The largest absolute Gasteiger partial charge is 0.496 e. The number of methoxy groups -OCH3 is 1. The zero-order valence-electron chi connectivity index (χ0n) is 12.8. The van der Waals surface area contributed by atoms with E-state index in [1.807, 2.05) is 48.5 Å². The van der Waals surface area contributed by atoms with Crippen LogP contribution in [0.5, 0.6) is 5.75 Å². The second-order valence-electron chi connectivity index (χ2n) is 5.58. The molecule has 1 heterocycles. The Labute approximate surface area is 134 Å². The van der Waals surface area contributed by atoms with Gasteiger partial charge in [-0.25, -0.2) is 0 Å². The molecule has 0 bridgehead atoms. The monoisotopic (exact) mass is 316 g/mol. The van der Waals surface area contributed by atoms with Gasteiger partial charge < -0.3 is 24.8 Å². The first-order valence-corrected chi connectivity index (χ1v) is 7.51. The average molecular weight is 316 g/mol. The molecular formula is C18H20O5. The van der Waals surface area contributed by atoms with Gasteiger partial charge in [0.25, 0.3) is 0 Å². The molecule has 1 fully saturated rings. The number of rotatable bonds is 4. The normalized spacial score (nSPS) is 27.1. The Hall–Kier alpha value is -1.92. The molecule has 0 radical (unpaired) electrons. The molecule has 2 aromatic rings. The lowest BCUT2D eigenvalue weighted by Gasteiger charge is -2.19. The maximum Gasteiger partial charge on any atom is 0.124 e. The van der Waals surface area contributed by atoms with Gasteiger partial charge in [0, 0.05) is 5.56 Å². The minimum atomic E-state index is -1.13. The van der Waals surface area contributed by atoms with Gasteiger partial charge in [-0.1, -0.05) is 36.4 Å². The van der Waals surface area contributed by atoms with Crippen LogP contribution in [-0.4, -0.2) is 47.3 Å². The lowest BCUT2D eigenvalue weighted by Crippen LogP contribution is -2.32. The molecule has 0 aromatic heterocycles. The molecule has 1 aliphatic heterocycles. The first kappa shape index (κ1) is 16.0. The third-order valence-corrected chi connectivity index (χ3v) is 4.19. The molecule has 3 rings (SSSR count). The Morgan fingerprint density at radius 1 is 1.00 bits per heavy atom. The molecule has 122 valence electrons. The van der Waals surface area contributed by atoms with Crippen molar-refractivity contribution in [2.24, 2.45) is 0 Å². The van der Waals surface area contributed by atoms with Gasteiger partial charge in [0.2, 0.25) is 0 Å². The van der Waals surface area contributed by atoms with Gasteiger partial charge >= 0.3 is 0 Å². The molecule has 0 amide bonds. The van der Waals surface area contributed by atoms with Crippen LogP contribution in [0, 0.1) is 0 Å². The number of aliphatic hydroxyl groups is 3. The Morgan fingerprint density at radius 2 is 1.74 bits per heavy atom. The van der Waals surface area contributed by atoms with Crippen LogP contribution in [0.2, 0.25) is 0 Å². The molecule has 5 nitrogen and oxygen atoms in total. The van der Waals surface area contributed by atoms with Crippen molar-refractivity contribution in [1.29, 1.82) is 0 Å². The molecule has 3 N–H and O–H groups in total. The van der Waals surface area contributed by atoms with E-state index >= 15 is 0 Å². The van der Waals surface area contributed by atoms with Crippen LogP contribution >= 0.6 is 0 Å². The summed E-state index contributed by atoms with van der Waals surface area (Å²) >= 11 is 0. The third kappa shape index (κ3) is 2.96. The Morgan fingerprint density at radius 3 is 2.35 bits per heavy atom. The fraction of sp³-hybridized carbons (Fsp3) is 0.333. The predicted molar refractivity (Wildman–Crippen MR) is 85.1 cm³/mol. The van der Waals surface area contributed by atoms with Gasteiger partial charge in [-0.3, -0.25) is 0 Å². The smallest absolute Gasteiger partial charge is 0.124 e. The summed E-state index contributed by atoms with van der Waals surface area (Å²) in [6.45, 7) is -0.352. The third-order valence-electron chi connectivity index (χ3n) is 4.19.